The number of amides is 1. The van der Waals surface area contributed by atoms with Gasteiger partial charge in [-0.25, -0.2) is 9.97 Å². The summed E-state index contributed by atoms with van der Waals surface area (Å²) in [5.41, 5.74) is 0.659. The first-order valence-corrected chi connectivity index (χ1v) is 8.35. The summed E-state index contributed by atoms with van der Waals surface area (Å²) < 4.78 is 43.9. The minimum atomic E-state index is -4.61. The van der Waals surface area contributed by atoms with E-state index in [-0.39, 0.29) is 12.3 Å². The molecule has 144 valence electrons. The van der Waals surface area contributed by atoms with Gasteiger partial charge in [-0.05, 0) is 35.9 Å². The Morgan fingerprint density at radius 2 is 1.71 bits per heavy atom. The number of benzene rings is 2. The lowest BCUT2D eigenvalue weighted by molar-refractivity contribution is -0.137. The lowest BCUT2D eigenvalue weighted by atomic mass is 10.1. The number of nitrogens with zero attached hydrogens (tertiary/aromatic N) is 2. The summed E-state index contributed by atoms with van der Waals surface area (Å²) in [5.74, 6) is -0.168. The highest BCUT2D eigenvalue weighted by Crippen LogP contribution is 2.36. The SMILES string of the molecule is O=C(COc1ccc(-c2cncnc2)cc1)Nc1ccc(Cl)c(C(F)(F)F)c1. The molecule has 0 atom stereocenters. The zero-order chi connectivity index (χ0) is 20.1. The highest BCUT2D eigenvalue weighted by molar-refractivity contribution is 6.31. The lowest BCUT2D eigenvalue weighted by Gasteiger charge is -2.12. The number of carbonyl (C=O) groups excluding carboxylic acids is 1. The average Bonchev–Trinajstić information content (AvgIpc) is 2.68. The molecule has 0 aliphatic rings. The smallest absolute Gasteiger partial charge is 0.417 e. The second kappa shape index (κ2) is 8.26. The standard InChI is InChI=1S/C19H13ClF3N3O2/c20-17-6-3-14(7-16(17)19(21,22)23)26-18(27)10-28-15-4-1-12(2-5-15)13-8-24-11-25-9-13/h1-9,11H,10H2,(H,26,27). The van der Waals surface area contributed by atoms with Gasteiger partial charge in [0.1, 0.15) is 12.1 Å². The maximum atomic E-state index is 12.9. The predicted octanol–water partition coefficient (Wildman–Crippen LogP) is 4.83. The van der Waals surface area contributed by atoms with Crippen LogP contribution in [0.4, 0.5) is 18.9 Å². The Balaban J connectivity index is 1.59. The number of hydrogen-bond acceptors (Lipinski definition) is 4. The molecule has 1 heterocycles. The molecule has 9 heteroatoms. The molecule has 0 bridgehead atoms. The number of nitrogens with one attached hydrogen (secondary N) is 1. The van der Waals surface area contributed by atoms with Gasteiger partial charge in [0.2, 0.25) is 0 Å². The van der Waals surface area contributed by atoms with Gasteiger partial charge in [-0.1, -0.05) is 23.7 Å². The largest absolute Gasteiger partial charge is 0.484 e. The van der Waals surface area contributed by atoms with Gasteiger partial charge >= 0.3 is 6.18 Å². The topological polar surface area (TPSA) is 64.1 Å². The molecule has 0 fully saturated rings. The van der Waals surface area contributed by atoms with Crippen LogP contribution in [0.25, 0.3) is 11.1 Å². The van der Waals surface area contributed by atoms with Crippen molar-refractivity contribution in [3.05, 3.63) is 71.8 Å². The molecule has 0 saturated heterocycles. The third-order valence-corrected chi connectivity index (χ3v) is 4.00. The monoisotopic (exact) mass is 407 g/mol. The van der Waals surface area contributed by atoms with Crippen LogP contribution in [0.3, 0.4) is 0 Å². The molecule has 0 radical (unpaired) electrons. The summed E-state index contributed by atoms with van der Waals surface area (Å²) in [6, 6.07) is 10.0. The van der Waals surface area contributed by atoms with Gasteiger partial charge in [0.25, 0.3) is 5.91 Å². The van der Waals surface area contributed by atoms with E-state index in [1.165, 1.54) is 12.4 Å². The maximum Gasteiger partial charge on any atom is 0.417 e. The number of carbonyl (C=O) groups is 1. The molecule has 2 aromatic carbocycles. The van der Waals surface area contributed by atoms with Crippen LogP contribution in [-0.4, -0.2) is 22.5 Å². The van der Waals surface area contributed by atoms with Crippen molar-refractivity contribution in [2.24, 2.45) is 0 Å². The first-order chi connectivity index (χ1) is 13.3. The van der Waals surface area contributed by atoms with Crippen molar-refractivity contribution >= 4 is 23.2 Å². The number of anilines is 1. The van der Waals surface area contributed by atoms with Gasteiger partial charge in [0.05, 0.1) is 10.6 Å². The summed E-state index contributed by atoms with van der Waals surface area (Å²) in [5, 5.41) is 1.91. The van der Waals surface area contributed by atoms with Crippen LogP contribution in [0.1, 0.15) is 5.56 Å². The molecule has 0 aliphatic carbocycles. The molecule has 5 nitrogen and oxygen atoms in total. The van der Waals surface area contributed by atoms with E-state index < -0.39 is 22.7 Å². The Bertz CT molecular complexity index is 964. The summed E-state index contributed by atoms with van der Waals surface area (Å²) in [6.07, 6.45) is 0.146. The van der Waals surface area contributed by atoms with Crippen molar-refractivity contribution in [3.8, 4) is 16.9 Å². The molecular weight excluding hydrogens is 395 g/mol. The van der Waals surface area contributed by atoms with E-state index in [1.807, 2.05) is 0 Å². The molecule has 0 unspecified atom stereocenters. The van der Waals surface area contributed by atoms with Crippen LogP contribution in [0.5, 0.6) is 5.75 Å². The van der Waals surface area contributed by atoms with Crippen LogP contribution in [-0.2, 0) is 11.0 Å². The minimum absolute atomic E-state index is 0.0234. The van der Waals surface area contributed by atoms with E-state index in [9.17, 15) is 18.0 Å². The highest BCUT2D eigenvalue weighted by Gasteiger charge is 2.33. The predicted molar refractivity (Wildman–Crippen MR) is 98.0 cm³/mol. The van der Waals surface area contributed by atoms with Gasteiger partial charge in [-0.3, -0.25) is 4.79 Å². The van der Waals surface area contributed by atoms with Gasteiger partial charge in [-0.2, -0.15) is 13.2 Å². The van der Waals surface area contributed by atoms with Gasteiger partial charge in [0, 0.05) is 23.6 Å². The molecule has 1 aromatic heterocycles. The summed E-state index contributed by atoms with van der Waals surface area (Å²) in [7, 11) is 0. The summed E-state index contributed by atoms with van der Waals surface area (Å²) >= 11 is 5.55. The molecule has 3 rings (SSSR count). The van der Waals surface area contributed by atoms with E-state index in [2.05, 4.69) is 15.3 Å². The van der Waals surface area contributed by atoms with E-state index in [0.717, 1.165) is 23.3 Å². The van der Waals surface area contributed by atoms with Crippen LogP contribution in [0.2, 0.25) is 5.02 Å². The normalized spacial score (nSPS) is 11.1. The average molecular weight is 408 g/mol. The van der Waals surface area contributed by atoms with E-state index >= 15 is 0 Å². The zero-order valence-corrected chi connectivity index (χ0v) is 15.0. The first-order valence-electron chi connectivity index (χ1n) is 7.98. The quantitative estimate of drug-likeness (QED) is 0.657. The van der Waals surface area contributed by atoms with Crippen molar-refractivity contribution in [1.82, 2.24) is 9.97 Å². The van der Waals surface area contributed by atoms with E-state index in [4.69, 9.17) is 16.3 Å². The van der Waals surface area contributed by atoms with Gasteiger partial charge < -0.3 is 10.1 Å². The first kappa shape index (κ1) is 19.6. The maximum absolute atomic E-state index is 12.9. The Labute approximate surface area is 163 Å². The van der Waals surface area contributed by atoms with Crippen LogP contribution < -0.4 is 10.1 Å². The fourth-order valence-electron chi connectivity index (χ4n) is 2.36. The Morgan fingerprint density at radius 3 is 2.36 bits per heavy atom. The Kier molecular flexibility index (Phi) is 5.79. The van der Waals surface area contributed by atoms with Crippen molar-refractivity contribution in [2.75, 3.05) is 11.9 Å². The van der Waals surface area contributed by atoms with Crippen LogP contribution in [0, 0.1) is 0 Å². The van der Waals surface area contributed by atoms with Crippen molar-refractivity contribution in [1.29, 1.82) is 0 Å². The van der Waals surface area contributed by atoms with Crippen LogP contribution in [0.15, 0.2) is 61.2 Å². The molecule has 28 heavy (non-hydrogen) atoms. The minimum Gasteiger partial charge on any atom is -0.484 e. The fourth-order valence-corrected chi connectivity index (χ4v) is 2.58. The molecule has 3 aromatic rings. The van der Waals surface area contributed by atoms with E-state index in [1.54, 1.807) is 36.7 Å². The Hall–Kier alpha value is -3.13. The molecule has 0 spiro atoms. The highest BCUT2D eigenvalue weighted by atomic mass is 35.5. The Morgan fingerprint density at radius 1 is 1.04 bits per heavy atom. The molecular formula is C19H13ClF3N3O2. The lowest BCUT2D eigenvalue weighted by Crippen LogP contribution is -2.20. The van der Waals surface area contributed by atoms with Gasteiger partial charge in [-0.15, -0.1) is 0 Å². The number of halogens is 4. The summed E-state index contributed by atoms with van der Waals surface area (Å²) in [4.78, 5) is 19.8. The van der Waals surface area contributed by atoms with E-state index in [0.29, 0.717) is 5.75 Å². The third kappa shape index (κ3) is 4.98. The molecule has 1 N–H and O–H groups in total. The van der Waals surface area contributed by atoms with Crippen molar-refractivity contribution in [3.63, 3.8) is 0 Å². The third-order valence-electron chi connectivity index (χ3n) is 3.67. The number of hydrogen-bond donors (Lipinski definition) is 1. The summed E-state index contributed by atoms with van der Waals surface area (Å²) in [6.45, 7) is -0.363. The molecule has 1 amide bonds. The van der Waals surface area contributed by atoms with Crippen molar-refractivity contribution in [2.45, 2.75) is 6.18 Å². The van der Waals surface area contributed by atoms with Crippen molar-refractivity contribution < 1.29 is 22.7 Å². The zero-order valence-electron chi connectivity index (χ0n) is 14.2. The molecule has 0 saturated carbocycles. The number of ether oxygens (including phenoxy) is 1. The number of alkyl halides is 3. The van der Waals surface area contributed by atoms with Gasteiger partial charge in [0.15, 0.2) is 6.61 Å². The second-order valence-corrected chi connectivity index (χ2v) is 6.09. The second-order valence-electron chi connectivity index (χ2n) is 5.68. The number of aromatic nitrogens is 2. The molecule has 0 aliphatic heterocycles. The fraction of sp³-hybridized carbons (Fsp3) is 0.105. The van der Waals surface area contributed by atoms with Crippen LogP contribution >= 0.6 is 11.6 Å². The number of rotatable bonds is 5.